The maximum absolute atomic E-state index is 12.5. The minimum atomic E-state index is -1.26. The van der Waals surface area contributed by atoms with Gasteiger partial charge in [0.1, 0.15) is 4.71 Å². The minimum absolute atomic E-state index is 0.146. The molecule has 1 fully saturated rings. The molecule has 0 saturated carbocycles. The zero-order valence-electron chi connectivity index (χ0n) is 12.6. The van der Waals surface area contributed by atoms with Gasteiger partial charge in [0, 0.05) is 16.9 Å². The van der Waals surface area contributed by atoms with Crippen molar-refractivity contribution in [1.82, 2.24) is 0 Å². The van der Waals surface area contributed by atoms with Crippen LogP contribution in [0.15, 0.2) is 35.2 Å². The van der Waals surface area contributed by atoms with E-state index >= 15 is 0 Å². The Bertz CT molecular complexity index is 458. The number of alkyl halides is 1. The second-order valence-corrected chi connectivity index (χ2v) is 8.26. The van der Waals surface area contributed by atoms with E-state index in [1.807, 2.05) is 44.2 Å². The summed E-state index contributed by atoms with van der Waals surface area (Å²) in [6, 6.07) is 9.32. The summed E-state index contributed by atoms with van der Waals surface area (Å²) in [4.78, 5) is 0.750. The smallest absolute Gasteiger partial charge is 0.157 e. The topological polar surface area (TPSA) is 35.5 Å². The van der Waals surface area contributed by atoms with Gasteiger partial charge in [-0.15, -0.1) is 11.6 Å². The van der Waals surface area contributed by atoms with Gasteiger partial charge in [-0.2, -0.15) is 0 Å². The van der Waals surface area contributed by atoms with Gasteiger partial charge in [-0.1, -0.05) is 32.0 Å². The zero-order chi connectivity index (χ0) is 15.3. The molecule has 118 valence electrons. The lowest BCUT2D eigenvalue weighted by atomic mass is 9.97. The van der Waals surface area contributed by atoms with Crippen LogP contribution in [-0.4, -0.2) is 28.4 Å². The Hall–Kier alpha value is -0.420. The van der Waals surface area contributed by atoms with Gasteiger partial charge in [0.15, 0.2) is 6.29 Å². The third-order valence-electron chi connectivity index (χ3n) is 3.56. The van der Waals surface area contributed by atoms with Crippen molar-refractivity contribution >= 4 is 22.4 Å². The van der Waals surface area contributed by atoms with Gasteiger partial charge < -0.3 is 9.47 Å². The first-order valence-corrected chi connectivity index (χ1v) is 8.98. The zero-order valence-corrected chi connectivity index (χ0v) is 14.2. The van der Waals surface area contributed by atoms with Crippen molar-refractivity contribution in [2.45, 2.75) is 49.0 Å². The quantitative estimate of drug-likeness (QED) is 0.741. The number of halogens is 1. The third kappa shape index (κ3) is 4.78. The number of ether oxygens (including phenoxy) is 2. The summed E-state index contributed by atoms with van der Waals surface area (Å²) in [5.41, 5.74) is -0.400. The average molecular weight is 331 g/mol. The van der Waals surface area contributed by atoms with Crippen molar-refractivity contribution in [2.24, 2.45) is 5.41 Å². The van der Waals surface area contributed by atoms with Crippen molar-refractivity contribution in [1.29, 1.82) is 0 Å². The van der Waals surface area contributed by atoms with Crippen LogP contribution < -0.4 is 0 Å². The highest BCUT2D eigenvalue weighted by atomic mass is 35.5. The molecule has 21 heavy (non-hydrogen) atoms. The summed E-state index contributed by atoms with van der Waals surface area (Å²) in [5, 5.41) is 0. The minimum Gasteiger partial charge on any atom is -0.353 e. The van der Waals surface area contributed by atoms with Crippen LogP contribution in [0.25, 0.3) is 0 Å². The van der Waals surface area contributed by atoms with Crippen LogP contribution in [0.1, 0.15) is 33.1 Å². The Morgan fingerprint density at radius 3 is 2.71 bits per heavy atom. The monoisotopic (exact) mass is 330 g/mol. The largest absolute Gasteiger partial charge is 0.353 e. The predicted molar refractivity (Wildman–Crippen MR) is 85.8 cm³/mol. The summed E-state index contributed by atoms with van der Waals surface area (Å²) in [5.74, 6) is 0. The van der Waals surface area contributed by atoms with E-state index in [0.29, 0.717) is 6.61 Å². The maximum Gasteiger partial charge on any atom is 0.157 e. The molecule has 0 bridgehead atoms. The van der Waals surface area contributed by atoms with Crippen molar-refractivity contribution in [3.63, 3.8) is 0 Å². The van der Waals surface area contributed by atoms with Crippen molar-refractivity contribution < 1.29 is 13.7 Å². The lowest BCUT2D eigenvalue weighted by molar-refractivity contribution is -0.175. The SMILES string of the molecule is CC(C)(COC1CCCCO1)C(Cl)S(=O)c1ccccc1. The van der Waals surface area contributed by atoms with Gasteiger partial charge in [-0.3, -0.25) is 4.21 Å². The number of rotatable bonds is 6. The van der Waals surface area contributed by atoms with E-state index in [1.54, 1.807) is 0 Å². The Morgan fingerprint density at radius 1 is 1.38 bits per heavy atom. The summed E-state index contributed by atoms with van der Waals surface area (Å²) in [6.07, 6.45) is 3.00. The molecular weight excluding hydrogens is 308 g/mol. The molecule has 1 heterocycles. The Balaban J connectivity index is 1.92. The van der Waals surface area contributed by atoms with Gasteiger partial charge in [0.05, 0.1) is 17.4 Å². The summed E-state index contributed by atoms with van der Waals surface area (Å²) < 4.78 is 23.4. The van der Waals surface area contributed by atoms with Crippen LogP contribution in [0, 0.1) is 5.41 Å². The molecule has 2 rings (SSSR count). The molecule has 0 aromatic heterocycles. The van der Waals surface area contributed by atoms with Crippen molar-refractivity contribution in [3.05, 3.63) is 30.3 Å². The fourth-order valence-corrected chi connectivity index (χ4v) is 3.86. The van der Waals surface area contributed by atoms with Crippen molar-refractivity contribution in [2.75, 3.05) is 13.2 Å². The van der Waals surface area contributed by atoms with E-state index in [9.17, 15) is 4.21 Å². The molecule has 3 atom stereocenters. The van der Waals surface area contributed by atoms with Crippen molar-refractivity contribution in [3.8, 4) is 0 Å². The first kappa shape index (κ1) is 16.9. The molecule has 0 N–H and O–H groups in total. The Labute approximate surface area is 134 Å². The summed E-state index contributed by atoms with van der Waals surface area (Å²) >= 11 is 6.45. The number of benzene rings is 1. The third-order valence-corrected chi connectivity index (χ3v) is 6.38. The second kappa shape index (κ2) is 7.73. The molecule has 3 nitrogen and oxygen atoms in total. The molecule has 3 unspecified atom stereocenters. The van der Waals surface area contributed by atoms with E-state index < -0.39 is 20.9 Å². The second-order valence-electron chi connectivity index (χ2n) is 6.02. The highest BCUT2D eigenvalue weighted by molar-refractivity contribution is 7.87. The maximum atomic E-state index is 12.5. The molecule has 0 amide bonds. The van der Waals surface area contributed by atoms with Crippen LogP contribution in [0.2, 0.25) is 0 Å². The first-order chi connectivity index (χ1) is 10.0. The molecular formula is C16H23ClO3S. The fraction of sp³-hybridized carbons (Fsp3) is 0.625. The normalized spacial score (nSPS) is 22.7. The van der Waals surface area contributed by atoms with Gasteiger partial charge in [-0.05, 0) is 31.4 Å². The summed E-state index contributed by atoms with van der Waals surface area (Å²) in [6.45, 7) is 5.15. The number of hydrogen-bond acceptors (Lipinski definition) is 3. The Kier molecular flexibility index (Phi) is 6.23. The molecule has 1 aliphatic heterocycles. The fourth-order valence-electron chi connectivity index (χ4n) is 2.18. The van der Waals surface area contributed by atoms with Crippen LogP contribution in [0.5, 0.6) is 0 Å². The molecule has 1 aliphatic rings. The molecule has 0 spiro atoms. The molecule has 0 aliphatic carbocycles. The highest BCUT2D eigenvalue weighted by Gasteiger charge is 2.34. The first-order valence-electron chi connectivity index (χ1n) is 7.33. The van der Waals surface area contributed by atoms with Gasteiger partial charge in [-0.25, -0.2) is 0 Å². The molecule has 1 saturated heterocycles. The van der Waals surface area contributed by atoms with E-state index in [1.165, 1.54) is 0 Å². The molecule has 1 aromatic rings. The predicted octanol–water partition coefficient (Wildman–Crippen LogP) is 3.93. The molecule has 0 radical (unpaired) electrons. The summed E-state index contributed by atoms with van der Waals surface area (Å²) in [7, 11) is -1.26. The van der Waals surface area contributed by atoms with Gasteiger partial charge in [0.25, 0.3) is 0 Å². The highest BCUT2D eigenvalue weighted by Crippen LogP contribution is 2.32. The molecule has 5 heteroatoms. The van der Waals surface area contributed by atoms with E-state index in [2.05, 4.69) is 0 Å². The number of hydrogen-bond donors (Lipinski definition) is 0. The van der Waals surface area contributed by atoms with Gasteiger partial charge in [0.2, 0.25) is 0 Å². The van der Waals surface area contributed by atoms with E-state index in [-0.39, 0.29) is 6.29 Å². The van der Waals surface area contributed by atoms with Gasteiger partial charge >= 0.3 is 0 Å². The standard InChI is InChI=1S/C16H23ClO3S/c1-16(2,12-20-14-10-6-7-11-19-14)15(17)21(18)13-8-4-3-5-9-13/h3-5,8-9,14-15H,6-7,10-12H2,1-2H3. The van der Waals surface area contributed by atoms with E-state index in [0.717, 1.165) is 30.8 Å². The van der Waals surface area contributed by atoms with Crippen LogP contribution in [-0.2, 0) is 20.3 Å². The van der Waals surface area contributed by atoms with Crippen LogP contribution >= 0.6 is 11.6 Å². The van der Waals surface area contributed by atoms with E-state index in [4.69, 9.17) is 21.1 Å². The Morgan fingerprint density at radius 2 is 2.10 bits per heavy atom. The molecule has 1 aromatic carbocycles. The lowest BCUT2D eigenvalue weighted by Gasteiger charge is -2.32. The lowest BCUT2D eigenvalue weighted by Crippen LogP contribution is -2.36. The van der Waals surface area contributed by atoms with Crippen LogP contribution in [0.4, 0.5) is 0 Å². The average Bonchev–Trinajstić information content (AvgIpc) is 2.53. The van der Waals surface area contributed by atoms with Crippen LogP contribution in [0.3, 0.4) is 0 Å².